The molecule has 22 heavy (non-hydrogen) atoms. The van der Waals surface area contributed by atoms with Gasteiger partial charge in [0.25, 0.3) is 5.91 Å². The van der Waals surface area contributed by atoms with Crippen LogP contribution in [0.1, 0.15) is 31.7 Å². The van der Waals surface area contributed by atoms with E-state index < -0.39 is 11.6 Å². The first kappa shape index (κ1) is 14.6. The molecule has 2 N–H and O–H groups in total. The molecule has 1 aromatic carbocycles. The molecule has 1 saturated heterocycles. The van der Waals surface area contributed by atoms with E-state index in [1.807, 2.05) is 37.3 Å². The lowest BCUT2D eigenvalue weighted by molar-refractivity contribution is -0.135. The summed E-state index contributed by atoms with van der Waals surface area (Å²) in [5.74, 6) is -0.650. The van der Waals surface area contributed by atoms with Gasteiger partial charge in [-0.25, -0.2) is 4.79 Å². The summed E-state index contributed by atoms with van der Waals surface area (Å²) in [6, 6.07) is 8.84. The number of amides is 4. The molecule has 1 aromatic rings. The van der Waals surface area contributed by atoms with Crippen LogP contribution in [0.5, 0.6) is 0 Å². The van der Waals surface area contributed by atoms with Crippen molar-refractivity contribution in [3.05, 3.63) is 35.9 Å². The molecule has 0 aromatic heterocycles. The van der Waals surface area contributed by atoms with E-state index in [1.54, 1.807) is 0 Å². The maximum absolute atomic E-state index is 12.8. The summed E-state index contributed by atoms with van der Waals surface area (Å²) in [5, 5.41) is 5.56. The first-order chi connectivity index (χ1) is 10.6. The number of nitrogens with one attached hydrogen (secondary N) is 2. The molecule has 1 saturated carbocycles. The lowest BCUT2D eigenvalue weighted by Gasteiger charge is -2.25. The van der Waals surface area contributed by atoms with Gasteiger partial charge in [0.2, 0.25) is 5.91 Å². The minimum Gasteiger partial charge on any atom is -0.352 e. The van der Waals surface area contributed by atoms with Crippen LogP contribution in [0.2, 0.25) is 0 Å². The van der Waals surface area contributed by atoms with Crippen molar-refractivity contribution in [1.82, 2.24) is 15.5 Å². The van der Waals surface area contributed by atoms with Crippen LogP contribution in [-0.4, -0.2) is 35.3 Å². The Bertz CT molecular complexity index is 612. The first-order valence-corrected chi connectivity index (χ1v) is 7.56. The SMILES string of the molecule is CC[C@@]1(c2ccccc2)NC(=O)N(CC(=O)NC2CC2)C1=O. The molecule has 6 nitrogen and oxygen atoms in total. The van der Waals surface area contributed by atoms with Crippen molar-refractivity contribution in [3.8, 4) is 0 Å². The minimum atomic E-state index is -1.07. The van der Waals surface area contributed by atoms with E-state index >= 15 is 0 Å². The second-order valence-electron chi connectivity index (χ2n) is 5.79. The third-order valence-corrected chi connectivity index (χ3v) is 4.22. The maximum atomic E-state index is 12.8. The number of nitrogens with zero attached hydrogens (tertiary/aromatic N) is 1. The summed E-state index contributed by atoms with van der Waals surface area (Å²) in [6.45, 7) is 1.62. The largest absolute Gasteiger partial charge is 0.352 e. The summed E-state index contributed by atoms with van der Waals surface area (Å²) in [7, 11) is 0. The van der Waals surface area contributed by atoms with E-state index in [2.05, 4.69) is 10.6 Å². The van der Waals surface area contributed by atoms with Crippen LogP contribution < -0.4 is 10.6 Å². The number of urea groups is 1. The van der Waals surface area contributed by atoms with Gasteiger partial charge < -0.3 is 10.6 Å². The number of carbonyl (C=O) groups excluding carboxylic acids is 3. The zero-order chi connectivity index (χ0) is 15.7. The van der Waals surface area contributed by atoms with Gasteiger partial charge in [0.1, 0.15) is 12.1 Å². The second kappa shape index (κ2) is 5.44. The molecule has 1 atom stereocenters. The van der Waals surface area contributed by atoms with Crippen molar-refractivity contribution >= 4 is 17.8 Å². The van der Waals surface area contributed by atoms with Gasteiger partial charge in [0.15, 0.2) is 0 Å². The molecule has 1 heterocycles. The standard InChI is InChI=1S/C16H19N3O3/c1-2-16(11-6-4-3-5-7-11)14(21)19(15(22)18-16)10-13(20)17-12-8-9-12/h3-7,12H,2,8-10H2,1H3,(H,17,20)(H,18,22)/t16-/m0/s1. The Labute approximate surface area is 128 Å². The van der Waals surface area contributed by atoms with Gasteiger partial charge in [-0.3, -0.25) is 14.5 Å². The fourth-order valence-corrected chi connectivity index (χ4v) is 2.78. The van der Waals surface area contributed by atoms with E-state index in [-0.39, 0.29) is 24.4 Å². The predicted molar refractivity (Wildman–Crippen MR) is 79.8 cm³/mol. The van der Waals surface area contributed by atoms with Gasteiger partial charge in [-0.2, -0.15) is 0 Å². The Kier molecular flexibility index (Phi) is 3.60. The topological polar surface area (TPSA) is 78.5 Å². The summed E-state index contributed by atoms with van der Waals surface area (Å²) < 4.78 is 0. The molecule has 3 rings (SSSR count). The van der Waals surface area contributed by atoms with Gasteiger partial charge in [0.05, 0.1) is 0 Å². The number of hydrogen-bond donors (Lipinski definition) is 2. The van der Waals surface area contributed by atoms with Crippen LogP contribution in [0.15, 0.2) is 30.3 Å². The van der Waals surface area contributed by atoms with Gasteiger partial charge >= 0.3 is 6.03 Å². The molecule has 0 radical (unpaired) electrons. The zero-order valence-electron chi connectivity index (χ0n) is 12.5. The van der Waals surface area contributed by atoms with E-state index in [0.717, 1.165) is 23.3 Å². The molecular formula is C16H19N3O3. The van der Waals surface area contributed by atoms with E-state index in [9.17, 15) is 14.4 Å². The van der Waals surface area contributed by atoms with Crippen molar-refractivity contribution in [2.24, 2.45) is 0 Å². The number of carbonyl (C=O) groups is 3. The second-order valence-corrected chi connectivity index (χ2v) is 5.79. The molecule has 0 unspecified atom stereocenters. The van der Waals surface area contributed by atoms with Gasteiger partial charge in [-0.15, -0.1) is 0 Å². The number of hydrogen-bond acceptors (Lipinski definition) is 3. The highest BCUT2D eigenvalue weighted by molar-refractivity contribution is 6.09. The summed E-state index contributed by atoms with van der Waals surface area (Å²) >= 11 is 0. The van der Waals surface area contributed by atoms with Crippen molar-refractivity contribution in [3.63, 3.8) is 0 Å². The highest BCUT2D eigenvalue weighted by Crippen LogP contribution is 2.32. The van der Waals surface area contributed by atoms with Crippen LogP contribution in [0, 0.1) is 0 Å². The van der Waals surface area contributed by atoms with Gasteiger partial charge in [-0.05, 0) is 24.8 Å². The monoisotopic (exact) mass is 301 g/mol. The number of benzene rings is 1. The molecule has 1 aliphatic carbocycles. The van der Waals surface area contributed by atoms with Crippen LogP contribution in [0.4, 0.5) is 4.79 Å². The van der Waals surface area contributed by atoms with Gasteiger partial charge in [0, 0.05) is 6.04 Å². The molecular weight excluding hydrogens is 282 g/mol. The van der Waals surface area contributed by atoms with Crippen LogP contribution >= 0.6 is 0 Å². The Balaban J connectivity index is 1.81. The van der Waals surface area contributed by atoms with Crippen molar-refractivity contribution in [2.75, 3.05) is 6.54 Å². The van der Waals surface area contributed by atoms with E-state index in [1.165, 1.54) is 0 Å². The molecule has 2 aliphatic rings. The average Bonchev–Trinajstić information content (AvgIpc) is 3.30. The highest BCUT2D eigenvalue weighted by atomic mass is 16.2. The molecule has 2 fully saturated rings. The third-order valence-electron chi connectivity index (χ3n) is 4.22. The van der Waals surface area contributed by atoms with Crippen molar-refractivity contribution in [1.29, 1.82) is 0 Å². The quantitative estimate of drug-likeness (QED) is 0.800. The molecule has 116 valence electrons. The lowest BCUT2D eigenvalue weighted by Crippen LogP contribution is -2.45. The van der Waals surface area contributed by atoms with Crippen molar-refractivity contribution in [2.45, 2.75) is 37.8 Å². The normalized spacial score (nSPS) is 24.3. The summed E-state index contributed by atoms with van der Waals surface area (Å²) in [6.07, 6.45) is 2.37. The van der Waals surface area contributed by atoms with Gasteiger partial charge in [-0.1, -0.05) is 37.3 Å². The molecule has 4 amide bonds. The third kappa shape index (κ3) is 2.45. The van der Waals surface area contributed by atoms with E-state index in [0.29, 0.717) is 6.42 Å². The van der Waals surface area contributed by atoms with Crippen molar-refractivity contribution < 1.29 is 14.4 Å². The highest BCUT2D eigenvalue weighted by Gasteiger charge is 2.51. The number of imide groups is 1. The summed E-state index contributed by atoms with van der Waals surface area (Å²) in [4.78, 5) is 37.9. The smallest absolute Gasteiger partial charge is 0.325 e. The Morgan fingerprint density at radius 1 is 1.32 bits per heavy atom. The lowest BCUT2D eigenvalue weighted by atomic mass is 9.87. The van der Waals surface area contributed by atoms with Crippen LogP contribution in [0.3, 0.4) is 0 Å². The average molecular weight is 301 g/mol. The first-order valence-electron chi connectivity index (χ1n) is 7.56. The van der Waals surface area contributed by atoms with Crippen LogP contribution in [0.25, 0.3) is 0 Å². The molecule has 0 bridgehead atoms. The zero-order valence-corrected chi connectivity index (χ0v) is 12.5. The molecule has 0 spiro atoms. The number of rotatable bonds is 5. The fourth-order valence-electron chi connectivity index (χ4n) is 2.78. The molecule has 1 aliphatic heterocycles. The Morgan fingerprint density at radius 3 is 2.59 bits per heavy atom. The van der Waals surface area contributed by atoms with E-state index in [4.69, 9.17) is 0 Å². The maximum Gasteiger partial charge on any atom is 0.325 e. The molecule has 6 heteroatoms. The van der Waals surface area contributed by atoms with Crippen LogP contribution in [-0.2, 0) is 15.1 Å². The Hall–Kier alpha value is -2.37. The minimum absolute atomic E-state index is 0.207. The predicted octanol–water partition coefficient (Wildman–Crippen LogP) is 1.12. The Morgan fingerprint density at radius 2 is 2.00 bits per heavy atom. The summed E-state index contributed by atoms with van der Waals surface area (Å²) in [5.41, 5.74) is -0.334. The fraction of sp³-hybridized carbons (Fsp3) is 0.438.